The van der Waals surface area contributed by atoms with E-state index < -0.39 is 0 Å². The lowest BCUT2D eigenvalue weighted by atomic mass is 10.2. The van der Waals surface area contributed by atoms with Crippen LogP contribution in [0.5, 0.6) is 0 Å². The Labute approximate surface area is 120 Å². The highest BCUT2D eigenvalue weighted by molar-refractivity contribution is 9.10. The van der Waals surface area contributed by atoms with Crippen molar-refractivity contribution < 1.29 is 4.79 Å². The molecule has 1 heterocycles. The predicted molar refractivity (Wildman–Crippen MR) is 79.9 cm³/mol. The molecule has 0 spiro atoms. The van der Waals surface area contributed by atoms with E-state index in [9.17, 15) is 4.79 Å². The van der Waals surface area contributed by atoms with Crippen LogP contribution in [0.4, 0.5) is 0 Å². The summed E-state index contributed by atoms with van der Waals surface area (Å²) < 4.78 is 0.982. The number of halogens is 1. The molecule has 0 aromatic heterocycles. The van der Waals surface area contributed by atoms with Crippen LogP contribution in [0.3, 0.4) is 0 Å². The van der Waals surface area contributed by atoms with Gasteiger partial charge in [0.15, 0.2) is 5.11 Å². The third-order valence-electron chi connectivity index (χ3n) is 2.57. The Bertz CT molecular complexity index is 527. The fourth-order valence-electron chi connectivity index (χ4n) is 1.76. The number of carbonyl (C=O) groups is 1. The fraction of sp³-hybridized carbons (Fsp3) is 0.231. The van der Waals surface area contributed by atoms with Crippen LogP contribution in [0, 0.1) is 0 Å². The molecule has 1 N–H and O–H groups in total. The Kier molecular flexibility index (Phi) is 4.14. The van der Waals surface area contributed by atoms with E-state index in [2.05, 4.69) is 21.2 Å². The third kappa shape index (κ3) is 2.79. The lowest BCUT2D eigenvalue weighted by molar-refractivity contribution is -0.122. The van der Waals surface area contributed by atoms with Gasteiger partial charge in [0.2, 0.25) is 0 Å². The molecule has 1 saturated heterocycles. The van der Waals surface area contributed by atoms with Crippen molar-refractivity contribution in [3.8, 4) is 0 Å². The standard InChI is InChI=1S/C13H13BrN2OS/c1-2-6-16-12(17)11(15-13(16)18)8-9-4-3-5-10(14)7-9/h3-5,7-8H,2,6H2,1H3,(H,15,18)/b11-8-. The maximum atomic E-state index is 12.1. The van der Waals surface area contributed by atoms with Crippen molar-refractivity contribution in [1.82, 2.24) is 10.2 Å². The molecule has 1 aliphatic rings. The zero-order valence-corrected chi connectivity index (χ0v) is 12.3. The number of nitrogens with one attached hydrogen (secondary N) is 1. The van der Waals surface area contributed by atoms with Gasteiger partial charge in [0.1, 0.15) is 5.70 Å². The van der Waals surface area contributed by atoms with Gasteiger partial charge in [-0.2, -0.15) is 0 Å². The van der Waals surface area contributed by atoms with Gasteiger partial charge in [-0.1, -0.05) is 35.0 Å². The number of thiocarbonyl (C=S) groups is 1. The molecule has 1 fully saturated rings. The second kappa shape index (κ2) is 5.63. The Morgan fingerprint density at radius 2 is 2.28 bits per heavy atom. The summed E-state index contributed by atoms with van der Waals surface area (Å²) in [5.74, 6) is -0.0539. The number of hydrogen-bond acceptors (Lipinski definition) is 2. The molecule has 1 aromatic carbocycles. The molecule has 94 valence electrons. The summed E-state index contributed by atoms with van der Waals surface area (Å²) in [6.07, 6.45) is 2.70. The minimum atomic E-state index is -0.0539. The number of hydrogen-bond donors (Lipinski definition) is 1. The average Bonchev–Trinajstić information content (AvgIpc) is 2.57. The van der Waals surface area contributed by atoms with Crippen LogP contribution in [0.2, 0.25) is 0 Å². The first-order valence-electron chi connectivity index (χ1n) is 5.72. The molecule has 1 aliphatic heterocycles. The van der Waals surface area contributed by atoms with Crippen molar-refractivity contribution in [2.75, 3.05) is 6.54 Å². The predicted octanol–water partition coefficient (Wildman–Crippen LogP) is 2.92. The maximum absolute atomic E-state index is 12.1. The molecule has 18 heavy (non-hydrogen) atoms. The highest BCUT2D eigenvalue weighted by atomic mass is 79.9. The second-order valence-corrected chi connectivity index (χ2v) is 5.30. The molecule has 3 nitrogen and oxygen atoms in total. The van der Waals surface area contributed by atoms with Crippen LogP contribution in [0.15, 0.2) is 34.4 Å². The van der Waals surface area contributed by atoms with Crippen LogP contribution in [-0.2, 0) is 4.79 Å². The molecule has 1 aromatic rings. The Morgan fingerprint density at radius 1 is 1.50 bits per heavy atom. The molecule has 0 aliphatic carbocycles. The molecule has 1 amide bonds. The smallest absolute Gasteiger partial charge is 0.276 e. The van der Waals surface area contributed by atoms with Gasteiger partial charge in [-0.15, -0.1) is 0 Å². The first-order chi connectivity index (χ1) is 8.61. The normalized spacial score (nSPS) is 17.4. The van der Waals surface area contributed by atoms with Gasteiger partial charge in [-0.05, 0) is 42.4 Å². The van der Waals surface area contributed by atoms with Crippen molar-refractivity contribution in [2.45, 2.75) is 13.3 Å². The van der Waals surface area contributed by atoms with E-state index in [1.54, 1.807) is 4.90 Å². The summed E-state index contributed by atoms with van der Waals surface area (Å²) in [6, 6.07) is 7.77. The van der Waals surface area contributed by atoms with Crippen LogP contribution >= 0.6 is 28.1 Å². The fourth-order valence-corrected chi connectivity index (χ4v) is 2.46. The SMILES string of the molecule is CCCN1C(=O)/C(=C/c2cccc(Br)c2)NC1=S. The first kappa shape index (κ1) is 13.2. The number of rotatable bonds is 3. The number of carbonyl (C=O) groups excluding carboxylic acids is 1. The highest BCUT2D eigenvalue weighted by Crippen LogP contribution is 2.17. The first-order valence-corrected chi connectivity index (χ1v) is 6.92. The molecular weight excluding hydrogens is 312 g/mol. The number of benzene rings is 1. The second-order valence-electron chi connectivity index (χ2n) is 4.00. The monoisotopic (exact) mass is 324 g/mol. The van der Waals surface area contributed by atoms with Crippen molar-refractivity contribution in [1.29, 1.82) is 0 Å². The largest absolute Gasteiger partial charge is 0.328 e. The van der Waals surface area contributed by atoms with Crippen molar-refractivity contribution in [3.05, 3.63) is 40.0 Å². The Morgan fingerprint density at radius 3 is 2.94 bits per heavy atom. The molecule has 0 atom stereocenters. The molecule has 0 bridgehead atoms. The van der Waals surface area contributed by atoms with E-state index in [0.717, 1.165) is 16.5 Å². The minimum Gasteiger partial charge on any atom is -0.328 e. The van der Waals surface area contributed by atoms with Crippen LogP contribution in [-0.4, -0.2) is 22.5 Å². The van der Waals surface area contributed by atoms with Gasteiger partial charge in [-0.25, -0.2) is 0 Å². The summed E-state index contributed by atoms with van der Waals surface area (Å²) in [5, 5.41) is 3.45. The molecular formula is C13H13BrN2OS. The molecule has 0 saturated carbocycles. The third-order valence-corrected chi connectivity index (χ3v) is 3.38. The van der Waals surface area contributed by atoms with Gasteiger partial charge in [0, 0.05) is 11.0 Å². The van der Waals surface area contributed by atoms with Gasteiger partial charge in [-0.3, -0.25) is 9.69 Å². The van der Waals surface area contributed by atoms with Crippen molar-refractivity contribution in [3.63, 3.8) is 0 Å². The number of amides is 1. The maximum Gasteiger partial charge on any atom is 0.276 e. The quantitative estimate of drug-likeness (QED) is 0.685. The highest BCUT2D eigenvalue weighted by Gasteiger charge is 2.29. The van der Waals surface area contributed by atoms with E-state index >= 15 is 0 Å². The van der Waals surface area contributed by atoms with Gasteiger partial charge in [0.25, 0.3) is 5.91 Å². The molecule has 0 radical (unpaired) electrons. The summed E-state index contributed by atoms with van der Waals surface area (Å²) in [4.78, 5) is 13.7. The molecule has 0 unspecified atom stereocenters. The zero-order valence-electron chi connectivity index (χ0n) is 9.94. The average molecular weight is 325 g/mol. The number of nitrogens with zero attached hydrogens (tertiary/aromatic N) is 1. The van der Waals surface area contributed by atoms with E-state index in [1.807, 2.05) is 37.3 Å². The zero-order chi connectivity index (χ0) is 13.1. The summed E-state index contributed by atoms with van der Waals surface area (Å²) in [5.41, 5.74) is 1.49. The van der Waals surface area contributed by atoms with E-state index in [1.165, 1.54) is 0 Å². The topological polar surface area (TPSA) is 32.3 Å². The summed E-state index contributed by atoms with van der Waals surface area (Å²) in [6.45, 7) is 2.67. The van der Waals surface area contributed by atoms with Gasteiger partial charge >= 0.3 is 0 Å². The summed E-state index contributed by atoms with van der Waals surface area (Å²) >= 11 is 8.55. The van der Waals surface area contributed by atoms with E-state index in [4.69, 9.17) is 12.2 Å². The molecule has 2 rings (SSSR count). The Balaban J connectivity index is 2.25. The van der Waals surface area contributed by atoms with Gasteiger partial charge < -0.3 is 5.32 Å². The van der Waals surface area contributed by atoms with Crippen molar-refractivity contribution in [2.24, 2.45) is 0 Å². The van der Waals surface area contributed by atoms with Gasteiger partial charge in [0.05, 0.1) is 0 Å². The molecule has 5 heteroatoms. The van der Waals surface area contributed by atoms with E-state index in [0.29, 0.717) is 17.4 Å². The van der Waals surface area contributed by atoms with Crippen molar-refractivity contribution >= 4 is 45.2 Å². The van der Waals surface area contributed by atoms with E-state index in [-0.39, 0.29) is 5.91 Å². The Hall–Kier alpha value is -1.20. The van der Waals surface area contributed by atoms with Crippen LogP contribution in [0.25, 0.3) is 6.08 Å². The minimum absolute atomic E-state index is 0.0539. The summed E-state index contributed by atoms with van der Waals surface area (Å²) in [7, 11) is 0. The lowest BCUT2D eigenvalue weighted by Crippen LogP contribution is -2.31. The lowest BCUT2D eigenvalue weighted by Gasteiger charge is -2.11. The van der Waals surface area contributed by atoms with Crippen LogP contribution < -0.4 is 5.32 Å². The van der Waals surface area contributed by atoms with Crippen LogP contribution in [0.1, 0.15) is 18.9 Å².